The molecule has 0 bridgehead atoms. The summed E-state index contributed by atoms with van der Waals surface area (Å²) in [6.45, 7) is 3.61. The van der Waals surface area contributed by atoms with Crippen LogP contribution in [0.1, 0.15) is 11.7 Å². The van der Waals surface area contributed by atoms with Crippen LogP contribution < -0.4 is 5.43 Å². The Kier molecular flexibility index (Phi) is 4.76. The molecule has 17 heavy (non-hydrogen) atoms. The Labute approximate surface area is 106 Å². The topological polar surface area (TPSA) is 44.7 Å². The number of ether oxygens (including phenoxy) is 1. The van der Waals surface area contributed by atoms with Crippen LogP contribution in [-0.2, 0) is 4.74 Å². The van der Waals surface area contributed by atoms with E-state index in [-0.39, 0.29) is 0 Å². The van der Waals surface area contributed by atoms with E-state index in [4.69, 9.17) is 16.3 Å². The van der Waals surface area contributed by atoms with E-state index in [0.717, 1.165) is 31.9 Å². The van der Waals surface area contributed by atoms with Crippen molar-refractivity contribution in [3.63, 3.8) is 0 Å². The third-order valence-electron chi connectivity index (χ3n) is 2.78. The lowest BCUT2D eigenvalue weighted by atomic mass is 10.1. The molecule has 4 nitrogen and oxygen atoms in total. The van der Waals surface area contributed by atoms with Crippen LogP contribution in [-0.4, -0.2) is 43.0 Å². The van der Waals surface area contributed by atoms with Gasteiger partial charge in [-0.1, -0.05) is 29.8 Å². The number of aliphatic hydroxyl groups excluding tert-OH is 1. The quantitative estimate of drug-likeness (QED) is 0.850. The van der Waals surface area contributed by atoms with Crippen LogP contribution in [0.4, 0.5) is 0 Å². The lowest BCUT2D eigenvalue weighted by molar-refractivity contribution is 0.00313. The fourth-order valence-corrected chi connectivity index (χ4v) is 2.05. The van der Waals surface area contributed by atoms with Gasteiger partial charge in [0.2, 0.25) is 0 Å². The molecule has 1 aliphatic heterocycles. The third-order valence-corrected chi connectivity index (χ3v) is 3.13. The number of morpholine rings is 1. The van der Waals surface area contributed by atoms with Gasteiger partial charge in [-0.2, -0.15) is 0 Å². The Hall–Kier alpha value is -0.650. The van der Waals surface area contributed by atoms with E-state index >= 15 is 0 Å². The second kappa shape index (κ2) is 6.33. The number of nitrogens with one attached hydrogen (secondary N) is 1. The van der Waals surface area contributed by atoms with E-state index < -0.39 is 6.10 Å². The molecule has 5 heteroatoms. The molecule has 0 spiro atoms. The summed E-state index contributed by atoms with van der Waals surface area (Å²) in [5.74, 6) is 0. The van der Waals surface area contributed by atoms with Gasteiger partial charge in [-0.15, -0.1) is 0 Å². The normalized spacial score (nSPS) is 19.2. The zero-order valence-corrected chi connectivity index (χ0v) is 10.4. The van der Waals surface area contributed by atoms with Gasteiger partial charge in [-0.3, -0.25) is 5.43 Å². The van der Waals surface area contributed by atoms with E-state index in [1.807, 2.05) is 18.2 Å². The maximum atomic E-state index is 10.0. The number of halogens is 1. The third kappa shape index (κ3) is 3.66. The predicted octanol–water partition coefficient (Wildman–Crippen LogP) is 1.21. The first kappa shape index (κ1) is 12.8. The first-order valence-corrected chi connectivity index (χ1v) is 6.14. The first-order valence-electron chi connectivity index (χ1n) is 5.76. The van der Waals surface area contributed by atoms with Crippen LogP contribution >= 0.6 is 11.6 Å². The number of rotatable bonds is 4. The van der Waals surface area contributed by atoms with Crippen molar-refractivity contribution in [1.82, 2.24) is 10.4 Å². The molecule has 1 heterocycles. The van der Waals surface area contributed by atoms with Gasteiger partial charge >= 0.3 is 0 Å². The van der Waals surface area contributed by atoms with E-state index in [0.29, 0.717) is 11.6 Å². The maximum Gasteiger partial charge on any atom is 0.0942 e. The summed E-state index contributed by atoms with van der Waals surface area (Å²) >= 11 is 6.02. The summed E-state index contributed by atoms with van der Waals surface area (Å²) in [6.07, 6.45) is -0.591. The standard InChI is InChI=1S/C12H17ClN2O2/c13-11-4-2-1-3-10(11)12(16)9-14-15-5-7-17-8-6-15/h1-4,12,14,16H,5-9H2. The van der Waals surface area contributed by atoms with Crippen LogP contribution in [0, 0.1) is 0 Å². The lowest BCUT2D eigenvalue weighted by Gasteiger charge is -2.28. The minimum Gasteiger partial charge on any atom is -0.387 e. The van der Waals surface area contributed by atoms with Gasteiger partial charge in [-0.05, 0) is 6.07 Å². The van der Waals surface area contributed by atoms with Crippen molar-refractivity contribution in [3.05, 3.63) is 34.9 Å². The molecular weight excluding hydrogens is 240 g/mol. The monoisotopic (exact) mass is 256 g/mol. The molecule has 0 radical (unpaired) electrons. The fourth-order valence-electron chi connectivity index (χ4n) is 1.79. The minimum absolute atomic E-state index is 0.462. The summed E-state index contributed by atoms with van der Waals surface area (Å²) in [7, 11) is 0. The second-order valence-corrected chi connectivity index (χ2v) is 4.41. The Bertz CT molecular complexity index is 356. The molecule has 0 aliphatic carbocycles. The van der Waals surface area contributed by atoms with Crippen molar-refractivity contribution in [3.8, 4) is 0 Å². The molecule has 1 unspecified atom stereocenters. The molecule has 0 saturated carbocycles. The largest absolute Gasteiger partial charge is 0.387 e. The number of nitrogens with zero attached hydrogens (tertiary/aromatic N) is 1. The Morgan fingerprint density at radius 2 is 2.06 bits per heavy atom. The minimum atomic E-state index is -0.591. The number of aliphatic hydroxyl groups is 1. The molecule has 94 valence electrons. The van der Waals surface area contributed by atoms with E-state index in [1.165, 1.54) is 0 Å². The Morgan fingerprint density at radius 3 is 2.76 bits per heavy atom. The SMILES string of the molecule is OC(CNN1CCOCC1)c1ccccc1Cl. The van der Waals surface area contributed by atoms with Crippen LogP contribution in [0.25, 0.3) is 0 Å². The predicted molar refractivity (Wildman–Crippen MR) is 66.8 cm³/mol. The number of hydrogen-bond donors (Lipinski definition) is 2. The molecule has 1 fully saturated rings. The smallest absolute Gasteiger partial charge is 0.0942 e. The maximum absolute atomic E-state index is 10.0. The molecule has 2 rings (SSSR count). The molecule has 1 saturated heterocycles. The van der Waals surface area contributed by atoms with Crippen LogP contribution in [0.3, 0.4) is 0 Å². The highest BCUT2D eigenvalue weighted by Gasteiger charge is 2.14. The van der Waals surface area contributed by atoms with Crippen molar-refractivity contribution in [2.75, 3.05) is 32.8 Å². The summed E-state index contributed by atoms with van der Waals surface area (Å²) in [5, 5.41) is 12.7. The second-order valence-electron chi connectivity index (χ2n) is 4.00. The summed E-state index contributed by atoms with van der Waals surface area (Å²) in [4.78, 5) is 0. The van der Waals surface area contributed by atoms with Crippen LogP contribution in [0.15, 0.2) is 24.3 Å². The number of hydrazine groups is 1. The molecule has 2 N–H and O–H groups in total. The van der Waals surface area contributed by atoms with Gasteiger partial charge in [0.1, 0.15) is 0 Å². The molecule has 1 aromatic carbocycles. The summed E-state index contributed by atoms with van der Waals surface area (Å²) in [5.41, 5.74) is 3.95. The molecule has 1 aliphatic rings. The van der Waals surface area contributed by atoms with E-state index in [9.17, 15) is 5.11 Å². The fraction of sp³-hybridized carbons (Fsp3) is 0.500. The zero-order chi connectivity index (χ0) is 12.1. The average Bonchev–Trinajstić information content (AvgIpc) is 2.38. The summed E-state index contributed by atoms with van der Waals surface area (Å²) < 4.78 is 5.24. The van der Waals surface area contributed by atoms with Crippen molar-refractivity contribution in [2.45, 2.75) is 6.10 Å². The lowest BCUT2D eigenvalue weighted by Crippen LogP contribution is -2.47. The first-order chi connectivity index (χ1) is 8.27. The van der Waals surface area contributed by atoms with Crippen LogP contribution in [0.5, 0.6) is 0 Å². The van der Waals surface area contributed by atoms with Crippen molar-refractivity contribution in [1.29, 1.82) is 0 Å². The highest BCUT2D eigenvalue weighted by molar-refractivity contribution is 6.31. The highest BCUT2D eigenvalue weighted by Crippen LogP contribution is 2.21. The Morgan fingerprint density at radius 1 is 1.35 bits per heavy atom. The van der Waals surface area contributed by atoms with E-state index in [2.05, 4.69) is 10.4 Å². The van der Waals surface area contributed by atoms with Crippen molar-refractivity contribution in [2.24, 2.45) is 0 Å². The van der Waals surface area contributed by atoms with Gasteiger partial charge in [0.15, 0.2) is 0 Å². The van der Waals surface area contributed by atoms with E-state index in [1.54, 1.807) is 6.07 Å². The van der Waals surface area contributed by atoms with Crippen molar-refractivity contribution >= 4 is 11.6 Å². The molecular formula is C12H17ClN2O2. The highest BCUT2D eigenvalue weighted by atomic mass is 35.5. The molecule has 1 aromatic rings. The molecule has 1 atom stereocenters. The number of hydrogen-bond acceptors (Lipinski definition) is 4. The van der Waals surface area contributed by atoms with Gasteiger partial charge in [0.05, 0.1) is 19.3 Å². The Balaban J connectivity index is 1.84. The average molecular weight is 257 g/mol. The zero-order valence-electron chi connectivity index (χ0n) is 9.60. The van der Waals surface area contributed by atoms with Crippen molar-refractivity contribution < 1.29 is 9.84 Å². The van der Waals surface area contributed by atoms with Gasteiger partial charge < -0.3 is 9.84 Å². The van der Waals surface area contributed by atoms with Gasteiger partial charge in [0.25, 0.3) is 0 Å². The molecule has 0 amide bonds. The van der Waals surface area contributed by atoms with Crippen LogP contribution in [0.2, 0.25) is 5.02 Å². The van der Waals surface area contributed by atoms with Gasteiger partial charge in [-0.25, -0.2) is 5.01 Å². The summed E-state index contributed by atoms with van der Waals surface area (Å²) in [6, 6.07) is 7.36. The molecule has 0 aromatic heterocycles. The van der Waals surface area contributed by atoms with Gasteiger partial charge in [0, 0.05) is 30.2 Å². The number of benzene rings is 1.